The molecule has 12 nitrogen and oxygen atoms in total. The van der Waals surface area contributed by atoms with Crippen molar-refractivity contribution >= 4 is 16.4 Å². The minimum atomic E-state index is -5.06. The van der Waals surface area contributed by atoms with E-state index in [0.29, 0.717) is 13.0 Å². The van der Waals surface area contributed by atoms with Gasteiger partial charge in [-0.2, -0.15) is 8.42 Å². The van der Waals surface area contributed by atoms with E-state index in [4.69, 9.17) is 23.5 Å². The van der Waals surface area contributed by atoms with Crippen LogP contribution in [0.2, 0.25) is 0 Å². The number of aliphatic hydroxyl groups excluding tert-OH is 3. The molecule has 372 valence electrons. The van der Waals surface area contributed by atoms with Crippen LogP contribution in [0.4, 0.5) is 0 Å². The normalized spacial score (nSPS) is 20.0. The van der Waals surface area contributed by atoms with Crippen LogP contribution < -0.4 is 0 Å². The Morgan fingerprint density at radius 3 is 1.51 bits per heavy atom. The zero-order valence-electron chi connectivity index (χ0n) is 39.9. The predicted molar refractivity (Wildman–Crippen MR) is 253 cm³/mol. The van der Waals surface area contributed by atoms with Crippen molar-refractivity contribution < 1.29 is 56.2 Å². The second-order valence-corrected chi connectivity index (χ2v) is 18.8. The molecule has 1 rings (SSSR count). The second-order valence-electron chi connectivity index (χ2n) is 17.8. The van der Waals surface area contributed by atoms with Crippen molar-refractivity contribution in [2.24, 2.45) is 0 Å². The molecule has 0 aliphatic carbocycles. The van der Waals surface area contributed by atoms with Gasteiger partial charge in [0, 0.05) is 13.0 Å². The third-order valence-corrected chi connectivity index (χ3v) is 12.3. The van der Waals surface area contributed by atoms with E-state index in [1.54, 1.807) is 0 Å². The van der Waals surface area contributed by atoms with E-state index < -0.39 is 59.8 Å². The van der Waals surface area contributed by atoms with Crippen LogP contribution >= 0.6 is 0 Å². The lowest BCUT2D eigenvalue weighted by Gasteiger charge is -2.41. The van der Waals surface area contributed by atoms with Crippen molar-refractivity contribution in [3.05, 3.63) is 24.3 Å². The fraction of sp³-hybridized carbons (Fsp3) is 0.900. The standard InChI is InChI=1S/C50H94O12S/c1-3-5-7-9-11-13-15-16-17-18-19-20-21-22-23-24-25-26-27-28-29-31-33-35-37-39-46(52)60-44(42-58-40-38-36-34-32-30-14-12-10-8-6-4-2)43-59-50-48(54)49(62-63(55,56)57)47(53)45(41-51)61-50/h15-16,18-19,44-45,47-51,53-54H,3-14,17,20-43H2,1-2H3,(H,55,56,57)/b16-15-,19-18-. The van der Waals surface area contributed by atoms with E-state index >= 15 is 0 Å². The highest BCUT2D eigenvalue weighted by molar-refractivity contribution is 7.80. The van der Waals surface area contributed by atoms with Gasteiger partial charge in [-0.05, 0) is 44.9 Å². The predicted octanol–water partition coefficient (Wildman–Crippen LogP) is 11.6. The largest absolute Gasteiger partial charge is 0.457 e. The number of carbonyl (C=O) groups is 1. The van der Waals surface area contributed by atoms with Crippen LogP contribution in [0.15, 0.2) is 24.3 Å². The molecule has 6 atom stereocenters. The van der Waals surface area contributed by atoms with Crippen molar-refractivity contribution in [2.45, 2.75) is 263 Å². The van der Waals surface area contributed by atoms with Crippen LogP contribution in [-0.2, 0) is 38.3 Å². The fourth-order valence-electron chi connectivity index (χ4n) is 7.94. The van der Waals surface area contributed by atoms with Gasteiger partial charge in [0.1, 0.15) is 30.5 Å². The molecule has 0 aromatic heterocycles. The fourth-order valence-corrected chi connectivity index (χ4v) is 8.45. The summed E-state index contributed by atoms with van der Waals surface area (Å²) in [7, 11) is -5.06. The van der Waals surface area contributed by atoms with E-state index in [1.807, 2.05) is 0 Å². The Kier molecular flexibility index (Phi) is 39.7. The maximum atomic E-state index is 12.9. The average molecular weight is 919 g/mol. The van der Waals surface area contributed by atoms with Gasteiger partial charge in [-0.15, -0.1) is 0 Å². The van der Waals surface area contributed by atoms with Crippen LogP contribution in [0.5, 0.6) is 0 Å². The summed E-state index contributed by atoms with van der Waals surface area (Å²) in [6, 6.07) is 0. The van der Waals surface area contributed by atoms with Gasteiger partial charge in [-0.1, -0.05) is 199 Å². The number of hydrogen-bond donors (Lipinski definition) is 4. The molecule has 0 aromatic rings. The summed E-state index contributed by atoms with van der Waals surface area (Å²) in [6.45, 7) is 4.00. The van der Waals surface area contributed by atoms with E-state index in [2.05, 4.69) is 42.3 Å². The first-order valence-electron chi connectivity index (χ1n) is 25.6. The molecule has 1 heterocycles. The average Bonchev–Trinajstić information content (AvgIpc) is 3.26. The van der Waals surface area contributed by atoms with E-state index in [9.17, 15) is 28.5 Å². The molecule has 4 N–H and O–H groups in total. The molecular weight excluding hydrogens is 825 g/mol. The maximum absolute atomic E-state index is 12.9. The van der Waals surface area contributed by atoms with Gasteiger partial charge in [-0.25, -0.2) is 4.18 Å². The SMILES string of the molecule is CCCCCCC/C=C\C/C=C\CCCCCCCCCCCCCCCC(=O)OC(COCCCCCCCCCCCCC)COC1OC(CO)C(O)C(OS(=O)(=O)O)C1O. The number of unbranched alkanes of at least 4 members (excludes halogenated alkanes) is 28. The highest BCUT2D eigenvalue weighted by Gasteiger charge is 2.48. The Bertz CT molecular complexity index is 1200. The molecule has 0 aromatic carbocycles. The molecule has 0 radical (unpaired) electrons. The maximum Gasteiger partial charge on any atom is 0.397 e. The Hall–Kier alpha value is -1.42. The first-order valence-corrected chi connectivity index (χ1v) is 27.0. The summed E-state index contributed by atoms with van der Waals surface area (Å²) in [4.78, 5) is 12.9. The molecule has 1 aliphatic rings. The number of aliphatic hydroxyl groups is 3. The Morgan fingerprint density at radius 1 is 0.603 bits per heavy atom. The van der Waals surface area contributed by atoms with Crippen LogP contribution in [0, 0.1) is 0 Å². The second kappa shape index (κ2) is 42.0. The van der Waals surface area contributed by atoms with E-state index in [-0.39, 0.29) is 19.6 Å². The lowest BCUT2D eigenvalue weighted by Crippen LogP contribution is -2.60. The van der Waals surface area contributed by atoms with Gasteiger partial charge < -0.3 is 34.3 Å². The molecule has 6 unspecified atom stereocenters. The van der Waals surface area contributed by atoms with Crippen molar-refractivity contribution in [2.75, 3.05) is 26.4 Å². The number of carbonyl (C=O) groups excluding carboxylic acids is 1. The number of rotatable bonds is 45. The van der Waals surface area contributed by atoms with Crippen LogP contribution in [0.1, 0.15) is 226 Å². The quantitative estimate of drug-likeness (QED) is 0.0197. The number of esters is 1. The molecular formula is C50H94O12S. The summed E-state index contributed by atoms with van der Waals surface area (Å²) in [6.07, 6.45) is 39.3. The topological polar surface area (TPSA) is 178 Å². The smallest absolute Gasteiger partial charge is 0.397 e. The number of allylic oxidation sites excluding steroid dienone is 4. The van der Waals surface area contributed by atoms with Gasteiger partial charge in [0.15, 0.2) is 6.29 Å². The Balaban J connectivity index is 2.28. The molecule has 0 amide bonds. The Labute approximate surface area is 384 Å². The Morgan fingerprint density at radius 2 is 1.05 bits per heavy atom. The van der Waals surface area contributed by atoms with E-state index in [0.717, 1.165) is 44.9 Å². The van der Waals surface area contributed by atoms with Crippen LogP contribution in [-0.4, -0.2) is 97.5 Å². The summed E-state index contributed by atoms with van der Waals surface area (Å²) in [5.74, 6) is -0.397. The molecule has 1 saturated heterocycles. The summed E-state index contributed by atoms with van der Waals surface area (Å²) >= 11 is 0. The van der Waals surface area contributed by atoms with Crippen LogP contribution in [0.3, 0.4) is 0 Å². The third-order valence-electron chi connectivity index (χ3n) is 11.8. The van der Waals surface area contributed by atoms with Crippen LogP contribution in [0.25, 0.3) is 0 Å². The minimum absolute atomic E-state index is 0.0402. The first-order chi connectivity index (χ1) is 30.6. The molecule has 1 fully saturated rings. The van der Waals surface area contributed by atoms with Crippen molar-refractivity contribution in [3.8, 4) is 0 Å². The molecule has 63 heavy (non-hydrogen) atoms. The molecule has 1 aliphatic heterocycles. The molecule has 0 bridgehead atoms. The zero-order valence-corrected chi connectivity index (χ0v) is 40.7. The molecule has 0 spiro atoms. The summed E-state index contributed by atoms with van der Waals surface area (Å²) in [5.41, 5.74) is 0. The third kappa shape index (κ3) is 35.4. The zero-order chi connectivity index (χ0) is 46.1. The van der Waals surface area contributed by atoms with Crippen molar-refractivity contribution in [1.29, 1.82) is 0 Å². The van der Waals surface area contributed by atoms with Gasteiger partial charge in [0.25, 0.3) is 0 Å². The van der Waals surface area contributed by atoms with Crippen molar-refractivity contribution in [3.63, 3.8) is 0 Å². The van der Waals surface area contributed by atoms with Gasteiger partial charge in [0.05, 0.1) is 19.8 Å². The highest BCUT2D eigenvalue weighted by atomic mass is 32.3. The van der Waals surface area contributed by atoms with Gasteiger partial charge in [-0.3, -0.25) is 9.35 Å². The lowest BCUT2D eigenvalue weighted by molar-refractivity contribution is -0.301. The first kappa shape index (κ1) is 59.6. The lowest BCUT2D eigenvalue weighted by atomic mass is 9.99. The number of hydrogen-bond acceptors (Lipinski definition) is 11. The molecule has 13 heteroatoms. The minimum Gasteiger partial charge on any atom is -0.457 e. The van der Waals surface area contributed by atoms with E-state index in [1.165, 1.54) is 154 Å². The van der Waals surface area contributed by atoms with Gasteiger partial charge >= 0.3 is 16.4 Å². The molecule has 0 saturated carbocycles. The van der Waals surface area contributed by atoms with Crippen molar-refractivity contribution in [1.82, 2.24) is 0 Å². The summed E-state index contributed by atoms with van der Waals surface area (Å²) < 4.78 is 59.1. The summed E-state index contributed by atoms with van der Waals surface area (Å²) in [5, 5.41) is 30.7. The highest BCUT2D eigenvalue weighted by Crippen LogP contribution is 2.26. The number of ether oxygens (including phenoxy) is 4. The van der Waals surface area contributed by atoms with Gasteiger partial charge in [0.2, 0.25) is 0 Å². The monoisotopic (exact) mass is 919 g/mol.